The molecule has 12 nitrogen and oxygen atoms in total. The number of fused-ring (bicyclic) bond motifs is 1. The van der Waals surface area contributed by atoms with E-state index in [1.165, 1.54) is 18.2 Å². The highest BCUT2D eigenvalue weighted by Crippen LogP contribution is 2.33. The molecule has 4 aromatic rings. The molecule has 0 aliphatic carbocycles. The van der Waals surface area contributed by atoms with Gasteiger partial charge in [-0.2, -0.15) is 0 Å². The Morgan fingerprint density at radius 2 is 1.64 bits per heavy atom. The van der Waals surface area contributed by atoms with Crippen LogP contribution in [0.15, 0.2) is 81.1 Å². The molecule has 0 fully saturated rings. The molecule has 2 aromatic heterocycles. The van der Waals surface area contributed by atoms with Crippen molar-refractivity contribution in [3.63, 3.8) is 0 Å². The van der Waals surface area contributed by atoms with Gasteiger partial charge in [-0.05, 0) is 30.3 Å². The molecule has 206 valence electrons. The predicted molar refractivity (Wildman–Crippen MR) is 140 cm³/mol. The molecule has 2 heterocycles. The molecule has 14 heteroatoms. The maximum atomic E-state index is 13.0. The molecule has 2 aromatic carbocycles. The zero-order chi connectivity index (χ0) is 28.0. The lowest BCUT2D eigenvalue weighted by Gasteiger charge is -2.13. The second-order valence-electron chi connectivity index (χ2n) is 8.10. The number of pyridine rings is 1. The van der Waals surface area contributed by atoms with Gasteiger partial charge in [-0.3, -0.25) is 4.79 Å². The molecular weight excluding hydrogens is 550 g/mol. The number of benzene rings is 2. The van der Waals surface area contributed by atoms with Gasteiger partial charge in [0.25, 0.3) is 15.9 Å². The van der Waals surface area contributed by atoms with Crippen molar-refractivity contribution >= 4 is 36.9 Å². The molecule has 0 atom stereocenters. The SMILES string of the molecule is COCCOCCOc1cc(C(=O)NS(=O)(=O)c2ccccc2S(N)(=O)=O)cnc1-c1cc2ccccc2o1. The van der Waals surface area contributed by atoms with Gasteiger partial charge >= 0.3 is 0 Å². The second kappa shape index (κ2) is 11.9. The number of methoxy groups -OCH3 is 1. The maximum absolute atomic E-state index is 13.0. The molecule has 0 unspecified atom stereocenters. The minimum atomic E-state index is -4.62. The smallest absolute Gasteiger partial charge is 0.266 e. The number of primary sulfonamides is 1. The monoisotopic (exact) mass is 575 g/mol. The van der Waals surface area contributed by atoms with E-state index in [-0.39, 0.29) is 30.2 Å². The average Bonchev–Trinajstić information content (AvgIpc) is 3.34. The Labute approximate surface area is 224 Å². The van der Waals surface area contributed by atoms with Crippen LogP contribution in [0.25, 0.3) is 22.4 Å². The molecule has 1 amide bonds. The molecular formula is C25H25N3O9S2. The first kappa shape index (κ1) is 28.2. The van der Waals surface area contributed by atoms with E-state index in [1.807, 2.05) is 22.9 Å². The Bertz CT molecular complexity index is 1670. The number of carbonyl (C=O) groups is 1. The standard InChI is InChI=1S/C25H25N3O9S2/c1-34-10-11-35-12-13-36-20-15-18(16-27-24(20)21-14-17-6-2-3-7-19(17)37-21)25(29)28-39(32,33)23-9-5-4-8-22(23)38(26,30)31/h2-9,14-16H,10-13H2,1H3,(H,28,29)(H2,26,30,31). The summed E-state index contributed by atoms with van der Waals surface area (Å²) in [6.07, 6.45) is 1.15. The highest BCUT2D eigenvalue weighted by Gasteiger charge is 2.27. The van der Waals surface area contributed by atoms with Crippen LogP contribution >= 0.6 is 0 Å². The van der Waals surface area contributed by atoms with Gasteiger partial charge in [0.2, 0.25) is 10.0 Å². The van der Waals surface area contributed by atoms with E-state index >= 15 is 0 Å². The van der Waals surface area contributed by atoms with Crippen LogP contribution in [-0.2, 0) is 29.5 Å². The number of nitrogens with two attached hydrogens (primary N) is 1. The minimum Gasteiger partial charge on any atom is -0.489 e. The van der Waals surface area contributed by atoms with Crippen LogP contribution in [0.3, 0.4) is 0 Å². The summed E-state index contributed by atoms with van der Waals surface area (Å²) >= 11 is 0. The first-order chi connectivity index (χ1) is 18.6. The molecule has 0 saturated heterocycles. The van der Waals surface area contributed by atoms with Gasteiger partial charge in [-0.15, -0.1) is 0 Å². The molecule has 0 radical (unpaired) electrons. The van der Waals surface area contributed by atoms with Crippen molar-refractivity contribution in [3.8, 4) is 17.2 Å². The number of hydrogen-bond acceptors (Lipinski definition) is 10. The Balaban J connectivity index is 1.63. The van der Waals surface area contributed by atoms with Gasteiger partial charge in [-0.1, -0.05) is 30.3 Å². The number of amides is 1. The van der Waals surface area contributed by atoms with E-state index in [9.17, 15) is 21.6 Å². The van der Waals surface area contributed by atoms with Crippen LogP contribution in [0.4, 0.5) is 0 Å². The Morgan fingerprint density at radius 1 is 0.949 bits per heavy atom. The van der Waals surface area contributed by atoms with E-state index in [4.69, 9.17) is 23.8 Å². The number of para-hydroxylation sites is 1. The maximum Gasteiger partial charge on any atom is 0.266 e. The number of rotatable bonds is 12. The Morgan fingerprint density at radius 3 is 2.36 bits per heavy atom. The van der Waals surface area contributed by atoms with Crippen molar-refractivity contribution in [1.82, 2.24) is 9.71 Å². The summed E-state index contributed by atoms with van der Waals surface area (Å²) in [5, 5.41) is 5.97. The number of ether oxygens (including phenoxy) is 3. The normalized spacial score (nSPS) is 11.9. The highest BCUT2D eigenvalue weighted by molar-refractivity contribution is 7.92. The third-order valence-corrected chi connectivity index (χ3v) is 7.85. The third-order valence-electron chi connectivity index (χ3n) is 5.36. The summed E-state index contributed by atoms with van der Waals surface area (Å²) in [4.78, 5) is 15.9. The fourth-order valence-electron chi connectivity index (χ4n) is 3.56. The Kier molecular flexibility index (Phi) is 8.62. The number of furan rings is 1. The van der Waals surface area contributed by atoms with Crippen molar-refractivity contribution in [2.75, 3.05) is 33.5 Å². The summed E-state index contributed by atoms with van der Waals surface area (Å²) < 4.78 is 73.5. The van der Waals surface area contributed by atoms with E-state index in [0.717, 1.165) is 23.7 Å². The number of nitrogens with one attached hydrogen (secondary N) is 1. The van der Waals surface area contributed by atoms with Crippen LogP contribution < -0.4 is 14.6 Å². The zero-order valence-corrected chi connectivity index (χ0v) is 22.3. The topological polar surface area (TPSA) is 177 Å². The van der Waals surface area contributed by atoms with Crippen LogP contribution in [0.2, 0.25) is 0 Å². The van der Waals surface area contributed by atoms with E-state index in [0.29, 0.717) is 24.6 Å². The van der Waals surface area contributed by atoms with Crippen LogP contribution in [0, 0.1) is 0 Å². The van der Waals surface area contributed by atoms with Crippen LogP contribution in [0.1, 0.15) is 10.4 Å². The highest BCUT2D eigenvalue weighted by atomic mass is 32.2. The van der Waals surface area contributed by atoms with Crippen LogP contribution in [0.5, 0.6) is 5.75 Å². The van der Waals surface area contributed by atoms with Crippen molar-refractivity contribution in [1.29, 1.82) is 0 Å². The first-order valence-corrected chi connectivity index (χ1v) is 14.5. The molecule has 0 aliphatic rings. The quantitative estimate of drug-likeness (QED) is 0.238. The fourth-order valence-corrected chi connectivity index (χ4v) is 5.92. The number of aromatic nitrogens is 1. The Hall–Kier alpha value is -3.82. The van der Waals surface area contributed by atoms with Gasteiger partial charge < -0.3 is 18.6 Å². The summed E-state index contributed by atoms with van der Waals surface area (Å²) in [7, 11) is -7.45. The van der Waals surface area contributed by atoms with Crippen molar-refractivity contribution in [2.45, 2.75) is 9.79 Å². The summed E-state index contributed by atoms with van der Waals surface area (Å²) in [6.45, 7) is 1.06. The number of carbonyl (C=O) groups excluding carboxylic acids is 1. The summed E-state index contributed by atoms with van der Waals surface area (Å²) in [5.41, 5.74) is 0.730. The fraction of sp³-hybridized carbons (Fsp3) is 0.200. The van der Waals surface area contributed by atoms with E-state index in [2.05, 4.69) is 4.98 Å². The van der Waals surface area contributed by atoms with Gasteiger partial charge in [0.05, 0.1) is 25.4 Å². The van der Waals surface area contributed by atoms with Crippen molar-refractivity contribution in [2.24, 2.45) is 5.14 Å². The largest absolute Gasteiger partial charge is 0.489 e. The van der Waals surface area contributed by atoms with Gasteiger partial charge in [0.15, 0.2) is 5.76 Å². The van der Waals surface area contributed by atoms with Crippen LogP contribution in [-0.4, -0.2) is 61.3 Å². The van der Waals surface area contributed by atoms with E-state index < -0.39 is 35.7 Å². The second-order valence-corrected chi connectivity index (χ2v) is 11.3. The third kappa shape index (κ3) is 6.79. The zero-order valence-electron chi connectivity index (χ0n) is 20.7. The summed E-state index contributed by atoms with van der Waals surface area (Å²) in [5.74, 6) is -0.559. The molecule has 0 aliphatic heterocycles. The molecule has 0 bridgehead atoms. The lowest BCUT2D eigenvalue weighted by molar-refractivity contribution is 0.0544. The lowest BCUT2D eigenvalue weighted by Crippen LogP contribution is -2.32. The molecule has 0 spiro atoms. The van der Waals surface area contributed by atoms with Crippen molar-refractivity contribution in [3.05, 3.63) is 72.4 Å². The summed E-state index contributed by atoms with van der Waals surface area (Å²) in [6, 6.07) is 15.0. The van der Waals surface area contributed by atoms with Gasteiger partial charge in [0, 0.05) is 18.7 Å². The lowest BCUT2D eigenvalue weighted by atomic mass is 10.2. The number of hydrogen-bond donors (Lipinski definition) is 2. The average molecular weight is 576 g/mol. The molecule has 3 N–H and O–H groups in total. The van der Waals surface area contributed by atoms with Gasteiger partial charge in [-0.25, -0.2) is 31.7 Å². The van der Waals surface area contributed by atoms with Gasteiger partial charge in [0.1, 0.15) is 33.4 Å². The first-order valence-electron chi connectivity index (χ1n) is 11.5. The number of sulfonamides is 2. The minimum absolute atomic E-state index is 0.0870. The molecule has 4 rings (SSSR count). The predicted octanol–water partition coefficient (Wildman–Crippen LogP) is 2.30. The molecule has 0 saturated carbocycles. The van der Waals surface area contributed by atoms with E-state index in [1.54, 1.807) is 19.2 Å². The molecule has 39 heavy (non-hydrogen) atoms. The number of nitrogens with zero attached hydrogens (tertiary/aromatic N) is 1. The van der Waals surface area contributed by atoms with Crippen molar-refractivity contribution < 1.29 is 40.3 Å².